The van der Waals surface area contributed by atoms with Gasteiger partial charge in [0.15, 0.2) is 0 Å². The molecule has 0 spiro atoms. The molecule has 0 radical (unpaired) electrons. The van der Waals surface area contributed by atoms with E-state index in [4.69, 9.17) is 0 Å². The molecule has 2 atom stereocenters. The maximum absolute atomic E-state index is 13.2. The van der Waals surface area contributed by atoms with Gasteiger partial charge in [-0.25, -0.2) is 4.39 Å². The van der Waals surface area contributed by atoms with Crippen molar-refractivity contribution in [3.05, 3.63) is 65.5 Å². The van der Waals surface area contributed by atoms with Crippen molar-refractivity contribution in [2.45, 2.75) is 31.2 Å². The van der Waals surface area contributed by atoms with Gasteiger partial charge < -0.3 is 10.2 Å². The number of fused-ring (bicyclic) bond motifs is 1. The van der Waals surface area contributed by atoms with E-state index in [1.165, 1.54) is 12.1 Å². The van der Waals surface area contributed by atoms with Crippen LogP contribution in [0.1, 0.15) is 42.3 Å². The van der Waals surface area contributed by atoms with E-state index >= 15 is 0 Å². The van der Waals surface area contributed by atoms with Crippen LogP contribution in [0.2, 0.25) is 0 Å². The predicted molar refractivity (Wildman–Crippen MR) is 92.5 cm³/mol. The average molecular weight is 338 g/mol. The second-order valence-electron chi connectivity index (χ2n) is 6.63. The summed E-state index contributed by atoms with van der Waals surface area (Å²) in [6.07, 6.45) is 1.95. The van der Waals surface area contributed by atoms with Gasteiger partial charge in [0.2, 0.25) is 11.8 Å². The molecule has 128 valence electrons. The molecule has 2 aliphatic rings. The predicted octanol–water partition coefficient (Wildman–Crippen LogP) is 3.62. The maximum Gasteiger partial charge on any atom is 0.232 e. The third kappa shape index (κ3) is 2.90. The molecule has 25 heavy (non-hydrogen) atoms. The second kappa shape index (κ2) is 6.31. The number of para-hydroxylation sites is 1. The fourth-order valence-corrected chi connectivity index (χ4v) is 3.87. The van der Waals surface area contributed by atoms with Crippen molar-refractivity contribution in [3.8, 4) is 0 Å². The SMILES string of the molecule is O=C1Nc2ccccc2[C@H]1CC(=O)N1CCC[C@@H]1c1ccc(F)cc1. The normalized spacial score (nSPS) is 22.0. The molecule has 1 fully saturated rings. The van der Waals surface area contributed by atoms with Crippen molar-refractivity contribution in [3.63, 3.8) is 0 Å². The molecule has 0 unspecified atom stereocenters. The number of amides is 2. The minimum Gasteiger partial charge on any atom is -0.336 e. The van der Waals surface area contributed by atoms with E-state index in [1.807, 2.05) is 29.2 Å². The van der Waals surface area contributed by atoms with Gasteiger partial charge in [-0.15, -0.1) is 0 Å². The number of rotatable bonds is 3. The van der Waals surface area contributed by atoms with Crippen LogP contribution < -0.4 is 5.32 Å². The average Bonchev–Trinajstić information content (AvgIpc) is 3.21. The van der Waals surface area contributed by atoms with Crippen molar-refractivity contribution in [1.29, 1.82) is 0 Å². The van der Waals surface area contributed by atoms with Crippen LogP contribution in [0.25, 0.3) is 0 Å². The molecular formula is C20H19FN2O2. The molecule has 4 nitrogen and oxygen atoms in total. The molecule has 0 aliphatic carbocycles. The molecule has 0 aromatic heterocycles. The molecule has 2 amide bonds. The monoisotopic (exact) mass is 338 g/mol. The van der Waals surface area contributed by atoms with E-state index in [0.29, 0.717) is 6.54 Å². The van der Waals surface area contributed by atoms with Crippen LogP contribution in [0, 0.1) is 5.82 Å². The van der Waals surface area contributed by atoms with E-state index in [1.54, 1.807) is 12.1 Å². The van der Waals surface area contributed by atoms with Crippen LogP contribution >= 0.6 is 0 Å². The van der Waals surface area contributed by atoms with Crippen LogP contribution in [0.3, 0.4) is 0 Å². The van der Waals surface area contributed by atoms with Gasteiger partial charge in [0.1, 0.15) is 5.82 Å². The molecule has 2 aliphatic heterocycles. The largest absolute Gasteiger partial charge is 0.336 e. The van der Waals surface area contributed by atoms with Crippen LogP contribution in [0.5, 0.6) is 0 Å². The lowest BCUT2D eigenvalue weighted by Gasteiger charge is -2.26. The summed E-state index contributed by atoms with van der Waals surface area (Å²) >= 11 is 0. The highest BCUT2D eigenvalue weighted by Gasteiger charge is 2.36. The topological polar surface area (TPSA) is 49.4 Å². The molecule has 2 aromatic carbocycles. The van der Waals surface area contributed by atoms with Gasteiger partial charge in [-0.05, 0) is 42.2 Å². The van der Waals surface area contributed by atoms with Gasteiger partial charge in [0.05, 0.1) is 12.0 Å². The number of hydrogen-bond acceptors (Lipinski definition) is 2. The van der Waals surface area contributed by atoms with Gasteiger partial charge in [0.25, 0.3) is 0 Å². The number of anilines is 1. The van der Waals surface area contributed by atoms with Crippen LogP contribution in [-0.2, 0) is 9.59 Å². The first-order valence-corrected chi connectivity index (χ1v) is 8.58. The van der Waals surface area contributed by atoms with Crippen LogP contribution in [0.4, 0.5) is 10.1 Å². The van der Waals surface area contributed by atoms with Crippen molar-refractivity contribution in [2.24, 2.45) is 0 Å². The number of nitrogens with zero attached hydrogens (tertiary/aromatic N) is 1. The lowest BCUT2D eigenvalue weighted by molar-refractivity contribution is -0.134. The number of carbonyl (C=O) groups excluding carboxylic acids is 2. The maximum atomic E-state index is 13.2. The number of carbonyl (C=O) groups is 2. The summed E-state index contributed by atoms with van der Waals surface area (Å²) < 4.78 is 13.2. The Morgan fingerprint density at radius 3 is 2.72 bits per heavy atom. The van der Waals surface area contributed by atoms with Crippen molar-refractivity contribution < 1.29 is 14.0 Å². The van der Waals surface area contributed by atoms with Crippen LogP contribution in [0.15, 0.2) is 48.5 Å². The summed E-state index contributed by atoms with van der Waals surface area (Å²) in [6, 6.07) is 13.8. The van der Waals surface area contributed by atoms with E-state index in [-0.39, 0.29) is 30.1 Å². The van der Waals surface area contributed by atoms with Gasteiger partial charge in [0, 0.05) is 18.7 Å². The molecule has 0 saturated carbocycles. The van der Waals surface area contributed by atoms with Crippen molar-refractivity contribution in [1.82, 2.24) is 4.90 Å². The third-order valence-electron chi connectivity index (χ3n) is 5.12. The Morgan fingerprint density at radius 2 is 1.92 bits per heavy atom. The van der Waals surface area contributed by atoms with Gasteiger partial charge in [-0.2, -0.15) is 0 Å². The summed E-state index contributed by atoms with van der Waals surface area (Å²) in [6.45, 7) is 0.677. The Bertz CT molecular complexity index is 819. The molecular weight excluding hydrogens is 319 g/mol. The first-order chi connectivity index (χ1) is 12.1. The van der Waals surface area contributed by atoms with Gasteiger partial charge in [-0.1, -0.05) is 30.3 Å². The summed E-state index contributed by atoms with van der Waals surface area (Å²) in [5, 5.41) is 2.84. The summed E-state index contributed by atoms with van der Waals surface area (Å²) in [4.78, 5) is 27.0. The Labute approximate surface area is 145 Å². The zero-order valence-corrected chi connectivity index (χ0v) is 13.7. The second-order valence-corrected chi connectivity index (χ2v) is 6.63. The molecule has 2 heterocycles. The number of nitrogens with one attached hydrogen (secondary N) is 1. The third-order valence-corrected chi connectivity index (χ3v) is 5.12. The highest BCUT2D eigenvalue weighted by atomic mass is 19.1. The number of benzene rings is 2. The number of hydrogen-bond donors (Lipinski definition) is 1. The zero-order valence-electron chi connectivity index (χ0n) is 13.7. The standard InChI is InChI=1S/C20H19FN2O2/c21-14-9-7-13(8-10-14)18-6-3-11-23(18)19(24)12-16-15-4-1-2-5-17(15)22-20(16)25/h1-2,4-5,7-10,16,18H,3,6,11-12H2,(H,22,25)/t16-,18-/m1/s1. The Morgan fingerprint density at radius 1 is 1.16 bits per heavy atom. The number of halogens is 1. The van der Waals surface area contributed by atoms with E-state index in [9.17, 15) is 14.0 Å². The Balaban J connectivity index is 1.53. The summed E-state index contributed by atoms with van der Waals surface area (Å²) in [7, 11) is 0. The first kappa shape index (κ1) is 15.8. The Hall–Kier alpha value is -2.69. The van der Waals surface area contributed by atoms with Gasteiger partial charge >= 0.3 is 0 Å². The molecule has 1 saturated heterocycles. The molecule has 1 N–H and O–H groups in total. The molecule has 2 aromatic rings. The minimum atomic E-state index is -0.432. The molecule has 4 rings (SSSR count). The van der Waals surface area contributed by atoms with Crippen LogP contribution in [-0.4, -0.2) is 23.3 Å². The smallest absolute Gasteiger partial charge is 0.232 e. The van der Waals surface area contributed by atoms with Gasteiger partial charge in [-0.3, -0.25) is 9.59 Å². The fraction of sp³-hybridized carbons (Fsp3) is 0.300. The summed E-state index contributed by atoms with van der Waals surface area (Å²) in [5.74, 6) is -0.854. The highest BCUT2D eigenvalue weighted by Crippen LogP contribution is 2.37. The lowest BCUT2D eigenvalue weighted by atomic mass is 9.96. The number of likely N-dealkylation sites (tertiary alicyclic amines) is 1. The zero-order chi connectivity index (χ0) is 17.4. The molecule has 0 bridgehead atoms. The fourth-order valence-electron chi connectivity index (χ4n) is 3.87. The first-order valence-electron chi connectivity index (χ1n) is 8.58. The van der Waals surface area contributed by atoms with E-state index < -0.39 is 5.92 Å². The van der Waals surface area contributed by atoms with E-state index in [2.05, 4.69) is 5.32 Å². The highest BCUT2D eigenvalue weighted by molar-refractivity contribution is 6.04. The van der Waals surface area contributed by atoms with Crippen molar-refractivity contribution in [2.75, 3.05) is 11.9 Å². The van der Waals surface area contributed by atoms with Crippen molar-refractivity contribution >= 4 is 17.5 Å². The lowest BCUT2D eigenvalue weighted by Crippen LogP contribution is -2.32. The van der Waals surface area contributed by atoms with E-state index in [0.717, 1.165) is 29.7 Å². The summed E-state index contributed by atoms with van der Waals surface area (Å²) in [5.41, 5.74) is 2.63. The Kier molecular flexibility index (Phi) is 3.99. The quantitative estimate of drug-likeness (QED) is 0.929. The minimum absolute atomic E-state index is 0.0244. The molecule has 5 heteroatoms.